The number of para-hydroxylation sites is 1. The van der Waals surface area contributed by atoms with Gasteiger partial charge in [0.1, 0.15) is 5.75 Å². The number of rotatable bonds is 6. The summed E-state index contributed by atoms with van der Waals surface area (Å²) in [6.07, 6.45) is 4.88. The molecule has 0 atom stereocenters. The van der Waals surface area contributed by atoms with Crippen LogP contribution in [0.25, 0.3) is 0 Å². The molecule has 2 heterocycles. The molecule has 142 valence electrons. The monoisotopic (exact) mass is 374 g/mol. The number of ether oxygens (including phenoxy) is 1. The molecule has 1 N–H and O–H groups in total. The van der Waals surface area contributed by atoms with Gasteiger partial charge in [0, 0.05) is 31.2 Å². The van der Waals surface area contributed by atoms with Gasteiger partial charge in [0.25, 0.3) is 5.91 Å². The zero-order valence-electron chi connectivity index (χ0n) is 15.8. The molecule has 1 aliphatic heterocycles. The summed E-state index contributed by atoms with van der Waals surface area (Å²) in [6.45, 7) is 1.39. The Morgan fingerprint density at radius 2 is 1.96 bits per heavy atom. The topological polar surface area (TPSA) is 67.3 Å². The fourth-order valence-corrected chi connectivity index (χ4v) is 3.37. The molecule has 0 spiro atoms. The summed E-state index contributed by atoms with van der Waals surface area (Å²) in [7, 11) is 1.64. The van der Waals surface area contributed by atoms with Crippen molar-refractivity contribution in [1.29, 1.82) is 0 Å². The molecule has 3 aromatic rings. The van der Waals surface area contributed by atoms with Crippen molar-refractivity contribution in [2.45, 2.75) is 12.8 Å². The number of aromatic nitrogens is 2. The fraction of sp³-hybridized carbons (Fsp3) is 0.227. The first-order valence-corrected chi connectivity index (χ1v) is 9.33. The third-order valence-electron chi connectivity index (χ3n) is 4.86. The lowest BCUT2D eigenvalue weighted by Gasteiger charge is -2.16. The van der Waals surface area contributed by atoms with Crippen molar-refractivity contribution in [1.82, 2.24) is 15.3 Å². The first kappa shape index (κ1) is 18.0. The Hall–Kier alpha value is -3.41. The fourth-order valence-electron chi connectivity index (χ4n) is 3.37. The highest BCUT2D eigenvalue weighted by Gasteiger charge is 2.21. The van der Waals surface area contributed by atoms with Crippen molar-refractivity contribution in [3.63, 3.8) is 0 Å². The molecule has 0 saturated carbocycles. The minimum absolute atomic E-state index is 0.170. The average molecular weight is 374 g/mol. The van der Waals surface area contributed by atoms with E-state index in [1.807, 2.05) is 36.4 Å². The Labute approximate surface area is 164 Å². The van der Waals surface area contributed by atoms with Gasteiger partial charge in [-0.25, -0.2) is 9.97 Å². The van der Waals surface area contributed by atoms with Crippen LogP contribution in [0, 0.1) is 0 Å². The second-order valence-corrected chi connectivity index (χ2v) is 6.66. The summed E-state index contributed by atoms with van der Waals surface area (Å²) in [5, 5.41) is 2.92. The van der Waals surface area contributed by atoms with E-state index in [1.54, 1.807) is 19.5 Å². The maximum Gasteiger partial charge on any atom is 0.254 e. The Morgan fingerprint density at radius 3 is 2.79 bits per heavy atom. The number of hydrogen-bond acceptors (Lipinski definition) is 5. The van der Waals surface area contributed by atoms with Crippen molar-refractivity contribution >= 4 is 17.5 Å². The molecule has 6 nitrogen and oxygen atoms in total. The molecule has 0 saturated heterocycles. The number of amides is 1. The zero-order valence-corrected chi connectivity index (χ0v) is 15.8. The number of anilines is 2. The van der Waals surface area contributed by atoms with Crippen molar-refractivity contribution in [2.24, 2.45) is 0 Å². The van der Waals surface area contributed by atoms with Crippen LogP contribution in [0.1, 0.15) is 21.5 Å². The number of carbonyl (C=O) groups excluding carboxylic acids is 1. The van der Waals surface area contributed by atoms with Gasteiger partial charge in [0.05, 0.1) is 12.7 Å². The highest BCUT2D eigenvalue weighted by molar-refractivity contribution is 5.93. The van der Waals surface area contributed by atoms with Gasteiger partial charge in [-0.15, -0.1) is 0 Å². The summed E-state index contributed by atoms with van der Waals surface area (Å²) >= 11 is 0. The molecule has 1 aliphatic rings. The quantitative estimate of drug-likeness (QED) is 0.718. The lowest BCUT2D eigenvalue weighted by atomic mass is 10.1. The number of hydrogen-bond donors (Lipinski definition) is 1. The van der Waals surface area contributed by atoms with Crippen LogP contribution in [0.5, 0.6) is 5.75 Å². The molecule has 0 fully saturated rings. The Balaban J connectivity index is 1.35. The number of nitrogens with zero attached hydrogens (tertiary/aromatic N) is 3. The number of methoxy groups -OCH3 is 1. The Morgan fingerprint density at radius 1 is 1.14 bits per heavy atom. The molecule has 0 unspecified atom stereocenters. The number of fused-ring (bicyclic) bond motifs is 1. The van der Waals surface area contributed by atoms with Crippen LogP contribution < -0.4 is 15.0 Å². The zero-order chi connectivity index (χ0) is 19.3. The van der Waals surface area contributed by atoms with Gasteiger partial charge < -0.3 is 15.0 Å². The van der Waals surface area contributed by atoms with Crippen molar-refractivity contribution < 1.29 is 9.53 Å². The third-order valence-corrected chi connectivity index (χ3v) is 4.86. The average Bonchev–Trinajstić information content (AvgIpc) is 3.18. The largest absolute Gasteiger partial charge is 0.497 e. The van der Waals surface area contributed by atoms with E-state index >= 15 is 0 Å². The van der Waals surface area contributed by atoms with Crippen LogP contribution in [-0.2, 0) is 12.8 Å². The molecular weight excluding hydrogens is 352 g/mol. The number of carbonyl (C=O) groups is 1. The van der Waals surface area contributed by atoms with Crippen LogP contribution in [0.2, 0.25) is 0 Å². The second kappa shape index (κ2) is 8.08. The Kier molecular flexibility index (Phi) is 5.19. The molecule has 4 rings (SSSR count). The van der Waals surface area contributed by atoms with Gasteiger partial charge in [0.15, 0.2) is 0 Å². The molecule has 0 radical (unpaired) electrons. The van der Waals surface area contributed by atoms with E-state index in [4.69, 9.17) is 4.74 Å². The van der Waals surface area contributed by atoms with Crippen molar-refractivity contribution in [3.05, 3.63) is 77.6 Å². The summed E-state index contributed by atoms with van der Waals surface area (Å²) < 4.78 is 5.22. The maximum absolute atomic E-state index is 12.4. The first-order chi connectivity index (χ1) is 13.7. The normalized spacial score (nSPS) is 12.5. The molecule has 0 aliphatic carbocycles. The number of nitrogens with one attached hydrogen (secondary N) is 1. The Bertz CT molecular complexity index is 972. The van der Waals surface area contributed by atoms with Gasteiger partial charge in [0.2, 0.25) is 5.95 Å². The van der Waals surface area contributed by atoms with Crippen molar-refractivity contribution in [3.8, 4) is 5.75 Å². The van der Waals surface area contributed by atoms with E-state index in [1.165, 1.54) is 5.56 Å². The van der Waals surface area contributed by atoms with Gasteiger partial charge in [-0.2, -0.15) is 0 Å². The van der Waals surface area contributed by atoms with Gasteiger partial charge in [-0.3, -0.25) is 4.79 Å². The summed E-state index contributed by atoms with van der Waals surface area (Å²) in [6, 6.07) is 16.1. The molecule has 1 aromatic heterocycles. The number of benzene rings is 2. The standard InChI is InChI=1S/C22H22N4O2/c1-28-19-7-4-5-16(13-19)9-11-23-21(27)18-14-24-22(25-15-18)26-12-10-17-6-2-3-8-20(17)26/h2-8,13-15H,9-12H2,1H3,(H,23,27). The molecule has 28 heavy (non-hydrogen) atoms. The van der Waals surface area contributed by atoms with E-state index in [0.29, 0.717) is 18.1 Å². The van der Waals surface area contributed by atoms with E-state index in [-0.39, 0.29) is 5.91 Å². The van der Waals surface area contributed by atoms with Crippen LogP contribution in [-0.4, -0.2) is 36.1 Å². The molecular formula is C22H22N4O2. The van der Waals surface area contributed by atoms with Gasteiger partial charge in [-0.05, 0) is 42.2 Å². The maximum atomic E-state index is 12.4. The highest BCUT2D eigenvalue weighted by Crippen LogP contribution is 2.31. The summed E-state index contributed by atoms with van der Waals surface area (Å²) in [5.74, 6) is 1.27. The van der Waals surface area contributed by atoms with Crippen LogP contribution >= 0.6 is 0 Å². The predicted molar refractivity (Wildman–Crippen MR) is 108 cm³/mol. The van der Waals surface area contributed by atoms with Crippen molar-refractivity contribution in [2.75, 3.05) is 25.1 Å². The molecule has 2 aromatic carbocycles. The van der Waals surface area contributed by atoms with Crippen LogP contribution in [0.4, 0.5) is 11.6 Å². The SMILES string of the molecule is COc1cccc(CCNC(=O)c2cnc(N3CCc4ccccc43)nc2)c1. The van der Waals surface area contributed by atoms with E-state index in [9.17, 15) is 4.79 Å². The van der Waals surface area contributed by atoms with Crippen LogP contribution in [0.15, 0.2) is 60.9 Å². The van der Waals surface area contributed by atoms with E-state index in [2.05, 4.69) is 32.3 Å². The summed E-state index contributed by atoms with van der Waals surface area (Å²) in [5.41, 5.74) is 4.00. The van der Waals surface area contributed by atoms with Gasteiger partial charge in [-0.1, -0.05) is 30.3 Å². The molecule has 6 heteroatoms. The smallest absolute Gasteiger partial charge is 0.254 e. The third kappa shape index (κ3) is 3.81. The highest BCUT2D eigenvalue weighted by atomic mass is 16.5. The minimum atomic E-state index is -0.170. The first-order valence-electron chi connectivity index (χ1n) is 9.33. The van der Waals surface area contributed by atoms with Crippen LogP contribution in [0.3, 0.4) is 0 Å². The second-order valence-electron chi connectivity index (χ2n) is 6.66. The lowest BCUT2D eigenvalue weighted by molar-refractivity contribution is 0.0953. The van der Waals surface area contributed by atoms with Gasteiger partial charge >= 0.3 is 0 Å². The molecule has 1 amide bonds. The predicted octanol–water partition coefficient (Wildman–Crippen LogP) is 3.15. The van der Waals surface area contributed by atoms with E-state index in [0.717, 1.165) is 36.4 Å². The minimum Gasteiger partial charge on any atom is -0.497 e. The molecule has 0 bridgehead atoms. The summed E-state index contributed by atoms with van der Waals surface area (Å²) in [4.78, 5) is 23.3. The lowest BCUT2D eigenvalue weighted by Crippen LogP contribution is -2.26. The van der Waals surface area contributed by atoms with E-state index < -0.39 is 0 Å².